The predicted octanol–water partition coefficient (Wildman–Crippen LogP) is 1.91. The highest BCUT2D eigenvalue weighted by molar-refractivity contribution is 5.94. The van der Waals surface area contributed by atoms with E-state index >= 15 is 0 Å². The van der Waals surface area contributed by atoms with Crippen LogP contribution in [-0.2, 0) is 4.79 Å². The quantitative estimate of drug-likeness (QED) is 0.795. The van der Waals surface area contributed by atoms with Gasteiger partial charge in [0.25, 0.3) is 0 Å². The highest BCUT2D eigenvalue weighted by Gasteiger charge is 2.36. The zero-order valence-electron chi connectivity index (χ0n) is 11.2. The minimum absolute atomic E-state index is 0.0569. The van der Waals surface area contributed by atoms with Gasteiger partial charge in [-0.05, 0) is 25.0 Å². The van der Waals surface area contributed by atoms with E-state index in [-0.39, 0.29) is 11.3 Å². The molecule has 1 fully saturated rings. The summed E-state index contributed by atoms with van der Waals surface area (Å²) in [5, 5.41) is 2.89. The van der Waals surface area contributed by atoms with Crippen LogP contribution in [-0.4, -0.2) is 17.4 Å². The number of nitrogens with one attached hydrogen (secondary N) is 1. The molecule has 0 unspecified atom stereocenters. The Morgan fingerprint density at radius 3 is 2.95 bits per heavy atom. The monoisotopic (exact) mass is 257 g/mol. The molecule has 3 N–H and O–H groups in total. The van der Waals surface area contributed by atoms with E-state index in [4.69, 9.17) is 5.73 Å². The molecule has 4 heteroatoms. The summed E-state index contributed by atoms with van der Waals surface area (Å²) in [6, 6.07) is 3.58. The summed E-state index contributed by atoms with van der Waals surface area (Å²) >= 11 is 0. The Hall–Kier alpha value is -1.86. The number of amides is 1. The molecule has 1 aliphatic rings. The van der Waals surface area contributed by atoms with Crippen LogP contribution in [0.5, 0.6) is 0 Å². The fraction of sp³-hybridized carbons (Fsp3) is 0.467. The molecule has 1 amide bonds. The summed E-state index contributed by atoms with van der Waals surface area (Å²) in [5.41, 5.74) is 5.90. The summed E-state index contributed by atoms with van der Waals surface area (Å²) in [4.78, 5) is 16.4. The summed E-state index contributed by atoms with van der Waals surface area (Å²) < 4.78 is 0. The lowest BCUT2D eigenvalue weighted by Gasteiger charge is -2.21. The highest BCUT2D eigenvalue weighted by Crippen LogP contribution is 2.38. The fourth-order valence-electron chi connectivity index (χ4n) is 2.38. The summed E-state index contributed by atoms with van der Waals surface area (Å²) in [6.45, 7) is 2.34. The largest absolute Gasteiger partial charge is 0.320 e. The number of nitrogens with two attached hydrogens (primary N) is 1. The lowest BCUT2D eigenvalue weighted by atomic mass is 9.88. The maximum atomic E-state index is 12.3. The lowest BCUT2D eigenvalue weighted by Crippen LogP contribution is -2.31. The van der Waals surface area contributed by atoms with Crippen molar-refractivity contribution in [1.82, 2.24) is 4.98 Å². The standard InChI is InChI=1S/C15H19N3O/c1-15(7-2-3-8-15)14(19)18-13-11-12(5-4-9-16)6-10-17-13/h6,10-11H,2-3,7-9,16H2,1H3,(H,17,18,19). The van der Waals surface area contributed by atoms with Gasteiger partial charge < -0.3 is 11.1 Å². The second-order valence-corrected chi connectivity index (χ2v) is 5.16. The summed E-state index contributed by atoms with van der Waals surface area (Å²) in [5.74, 6) is 6.33. The van der Waals surface area contributed by atoms with Gasteiger partial charge in [0, 0.05) is 17.2 Å². The van der Waals surface area contributed by atoms with E-state index in [2.05, 4.69) is 22.1 Å². The van der Waals surface area contributed by atoms with E-state index in [1.54, 1.807) is 18.3 Å². The molecule has 4 nitrogen and oxygen atoms in total. The number of anilines is 1. The molecule has 1 aliphatic carbocycles. The van der Waals surface area contributed by atoms with Crippen LogP contribution in [0.4, 0.5) is 5.82 Å². The molecule has 0 spiro atoms. The van der Waals surface area contributed by atoms with Gasteiger partial charge in [-0.15, -0.1) is 0 Å². The third-order valence-electron chi connectivity index (χ3n) is 3.59. The minimum Gasteiger partial charge on any atom is -0.320 e. The first-order valence-electron chi connectivity index (χ1n) is 6.60. The SMILES string of the molecule is CC1(C(=O)Nc2cc(C#CCN)ccn2)CCCC1. The van der Waals surface area contributed by atoms with Gasteiger partial charge in [-0.3, -0.25) is 4.79 Å². The van der Waals surface area contributed by atoms with Crippen molar-refractivity contribution in [3.63, 3.8) is 0 Å². The van der Waals surface area contributed by atoms with Crippen LogP contribution >= 0.6 is 0 Å². The van der Waals surface area contributed by atoms with Crippen molar-refractivity contribution in [2.75, 3.05) is 11.9 Å². The number of rotatable bonds is 2. The maximum absolute atomic E-state index is 12.3. The first-order chi connectivity index (χ1) is 9.14. The third kappa shape index (κ3) is 3.33. The Kier molecular flexibility index (Phi) is 4.18. The van der Waals surface area contributed by atoms with Crippen LogP contribution in [0.1, 0.15) is 38.2 Å². The number of hydrogen-bond donors (Lipinski definition) is 2. The molecule has 1 aromatic heterocycles. The number of aromatic nitrogens is 1. The van der Waals surface area contributed by atoms with Crippen LogP contribution in [0.25, 0.3) is 0 Å². The second kappa shape index (κ2) is 5.85. The molecule has 100 valence electrons. The van der Waals surface area contributed by atoms with Crippen molar-refractivity contribution < 1.29 is 4.79 Å². The van der Waals surface area contributed by atoms with Gasteiger partial charge in [-0.2, -0.15) is 0 Å². The van der Waals surface area contributed by atoms with E-state index < -0.39 is 0 Å². The molecule has 1 aromatic rings. The molecule has 1 saturated carbocycles. The molecule has 19 heavy (non-hydrogen) atoms. The zero-order valence-corrected chi connectivity index (χ0v) is 11.2. The lowest BCUT2D eigenvalue weighted by molar-refractivity contribution is -0.124. The second-order valence-electron chi connectivity index (χ2n) is 5.16. The van der Waals surface area contributed by atoms with E-state index in [1.165, 1.54) is 0 Å². The number of carbonyl (C=O) groups is 1. The normalized spacial score (nSPS) is 16.5. The average molecular weight is 257 g/mol. The van der Waals surface area contributed by atoms with Crippen LogP contribution in [0, 0.1) is 17.3 Å². The number of pyridine rings is 1. The molecular formula is C15H19N3O. The van der Waals surface area contributed by atoms with Gasteiger partial charge in [0.15, 0.2) is 0 Å². The Bertz CT molecular complexity index is 522. The molecule has 0 atom stereocenters. The minimum atomic E-state index is -0.249. The Balaban J connectivity index is 2.08. The van der Waals surface area contributed by atoms with Gasteiger partial charge in [-0.1, -0.05) is 31.6 Å². The van der Waals surface area contributed by atoms with Crippen LogP contribution < -0.4 is 11.1 Å². The number of carbonyl (C=O) groups excluding carboxylic acids is 1. The van der Waals surface area contributed by atoms with Crippen molar-refractivity contribution in [3.05, 3.63) is 23.9 Å². The molecule has 0 saturated heterocycles. The van der Waals surface area contributed by atoms with E-state index in [0.29, 0.717) is 12.4 Å². The Morgan fingerprint density at radius 2 is 2.26 bits per heavy atom. The van der Waals surface area contributed by atoms with E-state index in [9.17, 15) is 4.79 Å². The molecule has 2 rings (SSSR count). The molecule has 0 aromatic carbocycles. The first kappa shape index (κ1) is 13.6. The van der Waals surface area contributed by atoms with Gasteiger partial charge in [-0.25, -0.2) is 4.98 Å². The van der Waals surface area contributed by atoms with Crippen LogP contribution in [0.3, 0.4) is 0 Å². The fourth-order valence-corrected chi connectivity index (χ4v) is 2.38. The average Bonchev–Trinajstić information content (AvgIpc) is 2.85. The van der Waals surface area contributed by atoms with Crippen LogP contribution in [0.15, 0.2) is 18.3 Å². The molecular weight excluding hydrogens is 238 g/mol. The molecule has 0 radical (unpaired) electrons. The van der Waals surface area contributed by atoms with Crippen LogP contribution in [0.2, 0.25) is 0 Å². The van der Waals surface area contributed by atoms with E-state index in [1.807, 2.05) is 6.92 Å². The molecule has 1 heterocycles. The molecule has 0 aliphatic heterocycles. The highest BCUT2D eigenvalue weighted by atomic mass is 16.2. The third-order valence-corrected chi connectivity index (χ3v) is 3.59. The molecule has 0 bridgehead atoms. The van der Waals surface area contributed by atoms with Crippen molar-refractivity contribution in [3.8, 4) is 11.8 Å². The van der Waals surface area contributed by atoms with Gasteiger partial charge in [0.05, 0.1) is 6.54 Å². The predicted molar refractivity (Wildman–Crippen MR) is 75.4 cm³/mol. The first-order valence-corrected chi connectivity index (χ1v) is 6.60. The Morgan fingerprint density at radius 1 is 1.53 bits per heavy atom. The number of nitrogens with zero attached hydrogens (tertiary/aromatic N) is 1. The number of hydrogen-bond acceptors (Lipinski definition) is 3. The van der Waals surface area contributed by atoms with Gasteiger partial charge >= 0.3 is 0 Å². The summed E-state index contributed by atoms with van der Waals surface area (Å²) in [6.07, 6.45) is 5.79. The topological polar surface area (TPSA) is 68.0 Å². The van der Waals surface area contributed by atoms with Crippen molar-refractivity contribution in [2.24, 2.45) is 11.1 Å². The van der Waals surface area contributed by atoms with Gasteiger partial charge in [0.1, 0.15) is 5.82 Å². The smallest absolute Gasteiger partial charge is 0.231 e. The zero-order chi connectivity index (χ0) is 13.7. The Labute approximate surface area is 113 Å². The van der Waals surface area contributed by atoms with Crippen molar-refractivity contribution in [2.45, 2.75) is 32.6 Å². The van der Waals surface area contributed by atoms with E-state index in [0.717, 1.165) is 31.2 Å². The maximum Gasteiger partial charge on any atom is 0.231 e. The van der Waals surface area contributed by atoms with Gasteiger partial charge in [0.2, 0.25) is 5.91 Å². The van der Waals surface area contributed by atoms with Crippen molar-refractivity contribution in [1.29, 1.82) is 0 Å². The van der Waals surface area contributed by atoms with Crippen molar-refractivity contribution >= 4 is 11.7 Å². The summed E-state index contributed by atoms with van der Waals surface area (Å²) in [7, 11) is 0.